The van der Waals surface area contributed by atoms with Crippen molar-refractivity contribution in [2.45, 2.75) is 38.3 Å². The van der Waals surface area contributed by atoms with Crippen LogP contribution in [0.4, 0.5) is 4.79 Å². The fourth-order valence-corrected chi connectivity index (χ4v) is 2.59. The van der Waals surface area contributed by atoms with Gasteiger partial charge in [0.25, 0.3) is 0 Å². The number of nitrogens with one attached hydrogen (secondary N) is 2. The Hall–Kier alpha value is -1.75. The van der Waals surface area contributed by atoms with E-state index in [1.54, 1.807) is 7.11 Å². The highest BCUT2D eigenvalue weighted by Crippen LogP contribution is 2.30. The van der Waals surface area contributed by atoms with Crippen molar-refractivity contribution in [3.05, 3.63) is 29.8 Å². The predicted octanol–water partition coefficient (Wildman–Crippen LogP) is 2.28. The average molecular weight is 292 g/mol. The average Bonchev–Trinajstić information content (AvgIpc) is 2.84. The monoisotopic (exact) mass is 292 g/mol. The summed E-state index contributed by atoms with van der Waals surface area (Å²) < 4.78 is 10.8. The zero-order valence-corrected chi connectivity index (χ0v) is 13.1. The van der Waals surface area contributed by atoms with Gasteiger partial charge in [0.2, 0.25) is 0 Å². The molecule has 2 N–H and O–H groups in total. The fourth-order valence-electron chi connectivity index (χ4n) is 2.59. The number of methoxy groups -OCH3 is 1. The van der Waals surface area contributed by atoms with Gasteiger partial charge in [-0.2, -0.15) is 0 Å². The maximum Gasteiger partial charge on any atom is 0.407 e. The Morgan fingerprint density at radius 1 is 1.29 bits per heavy atom. The summed E-state index contributed by atoms with van der Waals surface area (Å²) in [5, 5.41) is 6.27. The van der Waals surface area contributed by atoms with Crippen LogP contribution in [-0.2, 0) is 4.74 Å². The smallest absolute Gasteiger partial charge is 0.407 e. The van der Waals surface area contributed by atoms with Crippen LogP contribution in [0.25, 0.3) is 0 Å². The highest BCUT2D eigenvalue weighted by Gasteiger charge is 2.32. The van der Waals surface area contributed by atoms with E-state index in [2.05, 4.69) is 10.6 Å². The Labute approximate surface area is 126 Å². The van der Waals surface area contributed by atoms with Crippen molar-refractivity contribution < 1.29 is 14.3 Å². The summed E-state index contributed by atoms with van der Waals surface area (Å²) in [6.45, 7) is 7.11. The van der Waals surface area contributed by atoms with E-state index in [1.165, 1.54) is 0 Å². The third-order valence-electron chi connectivity index (χ3n) is 3.45. The van der Waals surface area contributed by atoms with Gasteiger partial charge in [0, 0.05) is 24.6 Å². The second kappa shape index (κ2) is 6.35. The van der Waals surface area contributed by atoms with E-state index in [4.69, 9.17) is 9.47 Å². The maximum atomic E-state index is 12.0. The van der Waals surface area contributed by atoms with Crippen molar-refractivity contribution in [2.24, 2.45) is 0 Å². The molecule has 2 unspecified atom stereocenters. The van der Waals surface area contributed by atoms with Gasteiger partial charge in [-0.05, 0) is 26.8 Å². The second-order valence-electron chi connectivity index (χ2n) is 6.26. The molecule has 0 aliphatic carbocycles. The number of carbonyl (C=O) groups excluding carboxylic acids is 1. The molecule has 5 nitrogen and oxygen atoms in total. The molecule has 1 aliphatic heterocycles. The molecule has 1 heterocycles. The Morgan fingerprint density at radius 3 is 2.67 bits per heavy atom. The molecule has 1 amide bonds. The molecular weight excluding hydrogens is 268 g/mol. The lowest BCUT2D eigenvalue weighted by Crippen LogP contribution is -2.42. The Morgan fingerprint density at radius 2 is 2.00 bits per heavy atom. The summed E-state index contributed by atoms with van der Waals surface area (Å²) in [6, 6.07) is 7.91. The van der Waals surface area contributed by atoms with Crippen molar-refractivity contribution in [1.29, 1.82) is 0 Å². The first-order valence-electron chi connectivity index (χ1n) is 7.24. The number of amides is 1. The molecule has 116 valence electrons. The first-order chi connectivity index (χ1) is 9.90. The van der Waals surface area contributed by atoms with E-state index in [9.17, 15) is 4.79 Å². The van der Waals surface area contributed by atoms with Gasteiger partial charge in [0.1, 0.15) is 11.4 Å². The van der Waals surface area contributed by atoms with Gasteiger partial charge in [-0.3, -0.25) is 0 Å². The van der Waals surface area contributed by atoms with Gasteiger partial charge < -0.3 is 20.1 Å². The molecule has 1 fully saturated rings. The van der Waals surface area contributed by atoms with E-state index in [1.807, 2.05) is 45.0 Å². The molecule has 2 rings (SSSR count). The first-order valence-corrected chi connectivity index (χ1v) is 7.24. The Kier molecular flexibility index (Phi) is 4.73. The van der Waals surface area contributed by atoms with E-state index in [0.717, 1.165) is 24.4 Å². The molecular formula is C16H24N2O3. The molecule has 1 aromatic carbocycles. The number of benzene rings is 1. The molecule has 1 aliphatic rings. The van der Waals surface area contributed by atoms with Gasteiger partial charge in [-0.1, -0.05) is 18.2 Å². The summed E-state index contributed by atoms with van der Waals surface area (Å²) in [5.74, 6) is 1.02. The third-order valence-corrected chi connectivity index (χ3v) is 3.45. The molecule has 0 radical (unpaired) electrons. The summed E-state index contributed by atoms with van der Waals surface area (Å²) in [4.78, 5) is 12.0. The Balaban J connectivity index is 2.08. The number of carbonyl (C=O) groups is 1. The van der Waals surface area contributed by atoms with Crippen LogP contribution in [0.1, 0.15) is 32.3 Å². The van der Waals surface area contributed by atoms with Gasteiger partial charge in [-0.25, -0.2) is 4.79 Å². The molecule has 1 aromatic rings. The SMILES string of the molecule is COc1ccccc1C1CNCC1NC(=O)OC(C)(C)C. The Bertz CT molecular complexity index is 497. The zero-order chi connectivity index (χ0) is 15.5. The number of hydrogen-bond acceptors (Lipinski definition) is 4. The number of rotatable bonds is 3. The number of alkyl carbamates (subject to hydrolysis) is 1. The second-order valence-corrected chi connectivity index (χ2v) is 6.26. The number of hydrogen-bond donors (Lipinski definition) is 2. The van der Waals surface area contributed by atoms with E-state index >= 15 is 0 Å². The predicted molar refractivity (Wildman–Crippen MR) is 81.8 cm³/mol. The molecule has 1 saturated heterocycles. The van der Waals surface area contributed by atoms with Crippen LogP contribution >= 0.6 is 0 Å². The largest absolute Gasteiger partial charge is 0.496 e. The molecule has 21 heavy (non-hydrogen) atoms. The minimum atomic E-state index is -0.490. The van der Waals surface area contributed by atoms with Crippen molar-refractivity contribution in [2.75, 3.05) is 20.2 Å². The quantitative estimate of drug-likeness (QED) is 0.897. The minimum absolute atomic E-state index is 0.00356. The minimum Gasteiger partial charge on any atom is -0.496 e. The maximum absolute atomic E-state index is 12.0. The molecule has 5 heteroatoms. The van der Waals surface area contributed by atoms with E-state index in [-0.39, 0.29) is 18.1 Å². The first kappa shape index (κ1) is 15.6. The molecule has 0 saturated carbocycles. The van der Waals surface area contributed by atoms with Crippen molar-refractivity contribution >= 4 is 6.09 Å². The fraction of sp³-hybridized carbons (Fsp3) is 0.562. The van der Waals surface area contributed by atoms with Crippen LogP contribution in [0.15, 0.2) is 24.3 Å². The van der Waals surface area contributed by atoms with Gasteiger partial charge in [0.05, 0.1) is 13.2 Å². The van der Waals surface area contributed by atoms with Crippen molar-refractivity contribution in [1.82, 2.24) is 10.6 Å². The highest BCUT2D eigenvalue weighted by atomic mass is 16.6. The van der Waals surface area contributed by atoms with Crippen LogP contribution in [-0.4, -0.2) is 37.9 Å². The van der Waals surface area contributed by atoms with Crippen molar-refractivity contribution in [3.8, 4) is 5.75 Å². The van der Waals surface area contributed by atoms with Gasteiger partial charge in [0.15, 0.2) is 0 Å². The lowest BCUT2D eigenvalue weighted by atomic mass is 9.93. The highest BCUT2D eigenvalue weighted by molar-refractivity contribution is 5.68. The zero-order valence-electron chi connectivity index (χ0n) is 13.1. The molecule has 0 bridgehead atoms. The van der Waals surface area contributed by atoms with Crippen LogP contribution in [0.3, 0.4) is 0 Å². The number of ether oxygens (including phenoxy) is 2. The number of para-hydroxylation sites is 1. The lowest BCUT2D eigenvalue weighted by molar-refractivity contribution is 0.0504. The molecule has 2 atom stereocenters. The van der Waals surface area contributed by atoms with Gasteiger partial charge in [-0.15, -0.1) is 0 Å². The normalized spacial score (nSPS) is 21.9. The third kappa shape index (κ3) is 4.11. The summed E-state index contributed by atoms with van der Waals surface area (Å²) >= 11 is 0. The van der Waals surface area contributed by atoms with E-state index < -0.39 is 5.60 Å². The summed E-state index contributed by atoms with van der Waals surface area (Å²) in [6.07, 6.45) is -0.379. The topological polar surface area (TPSA) is 59.6 Å². The summed E-state index contributed by atoms with van der Waals surface area (Å²) in [7, 11) is 1.66. The summed E-state index contributed by atoms with van der Waals surface area (Å²) in [5.41, 5.74) is 0.613. The van der Waals surface area contributed by atoms with Gasteiger partial charge >= 0.3 is 6.09 Å². The van der Waals surface area contributed by atoms with Crippen LogP contribution in [0, 0.1) is 0 Å². The standard InChI is InChI=1S/C16H24N2O3/c1-16(2,3)21-15(19)18-13-10-17-9-12(13)11-7-5-6-8-14(11)20-4/h5-8,12-13,17H,9-10H2,1-4H3,(H,18,19). The van der Waals surface area contributed by atoms with Crippen LogP contribution in [0.2, 0.25) is 0 Å². The van der Waals surface area contributed by atoms with E-state index in [0.29, 0.717) is 0 Å². The molecule has 0 spiro atoms. The lowest BCUT2D eigenvalue weighted by Gasteiger charge is -2.25. The van der Waals surface area contributed by atoms with Crippen LogP contribution < -0.4 is 15.4 Å². The van der Waals surface area contributed by atoms with Crippen LogP contribution in [0.5, 0.6) is 5.75 Å². The molecule has 0 aromatic heterocycles. The van der Waals surface area contributed by atoms with Crippen molar-refractivity contribution in [3.63, 3.8) is 0 Å².